The third-order valence-electron chi connectivity index (χ3n) is 12.6. The fourth-order valence-corrected chi connectivity index (χ4v) is 10.00. The molecular weight excluding hydrogens is 696 g/mol. The maximum absolute atomic E-state index is 17.3. The number of phenols is 1. The van der Waals surface area contributed by atoms with E-state index in [0.717, 1.165) is 58.4 Å². The highest BCUT2D eigenvalue weighted by Gasteiger charge is 2.56. The van der Waals surface area contributed by atoms with Crippen molar-refractivity contribution in [1.82, 2.24) is 19.9 Å². The van der Waals surface area contributed by atoms with Crippen LogP contribution in [0, 0.1) is 47.1 Å². The number of halogens is 2. The molecule has 3 aliphatic heterocycles. The van der Waals surface area contributed by atoms with E-state index >= 15 is 8.78 Å². The average molecular weight is 742 g/mol. The SMILES string of the molecule is C#Cc1c(F)ccc2cc(O)cc(-c3nc(OC)c4c(N5CCOCC(C)(O)C5)nc(OCC56CCCC5N(CC5C7COCC75)CCC6)nc4c3F)c12. The molecule has 2 aromatic carbocycles. The van der Waals surface area contributed by atoms with Gasteiger partial charge in [0.2, 0.25) is 5.88 Å². The van der Waals surface area contributed by atoms with Crippen LogP contribution in [0.2, 0.25) is 0 Å². The second-order valence-electron chi connectivity index (χ2n) is 16.2. The first-order chi connectivity index (χ1) is 26.1. The van der Waals surface area contributed by atoms with Crippen molar-refractivity contribution in [3.05, 3.63) is 41.5 Å². The number of rotatable bonds is 8. The summed E-state index contributed by atoms with van der Waals surface area (Å²) in [5.74, 6) is 3.04. The molecular formula is C41H45F2N5O6. The van der Waals surface area contributed by atoms with Crippen molar-refractivity contribution in [2.75, 3.05) is 71.2 Å². The number of aliphatic hydroxyl groups is 1. The summed E-state index contributed by atoms with van der Waals surface area (Å²) in [6.45, 7) is 6.84. The molecule has 4 aromatic rings. The molecule has 2 aromatic heterocycles. The van der Waals surface area contributed by atoms with Crippen LogP contribution in [0.1, 0.15) is 44.6 Å². The number of fused-ring (bicyclic) bond motifs is 4. The second kappa shape index (κ2) is 13.4. The number of β-amino-alcohol motifs (C(OH)–C–C–N with tert-alkyl or cyclic N) is 1. The molecule has 0 bridgehead atoms. The maximum atomic E-state index is 17.3. The van der Waals surface area contributed by atoms with E-state index < -0.39 is 17.2 Å². The summed E-state index contributed by atoms with van der Waals surface area (Å²) in [4.78, 5) is 18.7. The molecule has 2 aliphatic carbocycles. The van der Waals surface area contributed by atoms with Crippen LogP contribution in [0.3, 0.4) is 0 Å². The summed E-state index contributed by atoms with van der Waals surface area (Å²) in [5.41, 5.74) is -1.72. The lowest BCUT2D eigenvalue weighted by atomic mass is 9.75. The molecule has 2 N–H and O–H groups in total. The molecule has 11 nitrogen and oxygen atoms in total. The number of methoxy groups -OCH3 is 1. The summed E-state index contributed by atoms with van der Waals surface area (Å²) in [5, 5.41) is 22.7. The quantitative estimate of drug-likeness (QED) is 0.229. The third kappa shape index (κ3) is 5.98. The minimum absolute atomic E-state index is 0.00414. The lowest BCUT2D eigenvalue weighted by Gasteiger charge is -2.46. The molecule has 0 amide bonds. The van der Waals surface area contributed by atoms with Gasteiger partial charge in [-0.1, -0.05) is 18.4 Å². The van der Waals surface area contributed by atoms with E-state index in [1.54, 1.807) is 6.92 Å². The number of aromatic hydroxyl groups is 1. The largest absolute Gasteiger partial charge is 0.508 e. The van der Waals surface area contributed by atoms with Crippen molar-refractivity contribution in [1.29, 1.82) is 0 Å². The van der Waals surface area contributed by atoms with E-state index in [1.807, 2.05) is 4.90 Å². The first-order valence-corrected chi connectivity index (χ1v) is 19.0. The molecule has 5 unspecified atom stereocenters. The Labute approximate surface area is 312 Å². The van der Waals surface area contributed by atoms with E-state index in [2.05, 4.69) is 15.8 Å². The number of phenolic OH excluding ortho intramolecular Hbond substituents is 1. The molecule has 0 radical (unpaired) electrons. The molecule has 3 saturated heterocycles. The van der Waals surface area contributed by atoms with Crippen molar-refractivity contribution in [2.45, 2.75) is 50.7 Å². The number of anilines is 1. The highest BCUT2D eigenvalue weighted by atomic mass is 19.1. The van der Waals surface area contributed by atoms with Gasteiger partial charge in [-0.25, -0.2) is 13.8 Å². The number of terminal acetylenes is 1. The van der Waals surface area contributed by atoms with Crippen LogP contribution >= 0.6 is 0 Å². The zero-order valence-electron chi connectivity index (χ0n) is 30.6. The fourth-order valence-electron chi connectivity index (χ4n) is 10.00. The number of ether oxygens (including phenoxy) is 4. The summed E-state index contributed by atoms with van der Waals surface area (Å²) < 4.78 is 56.2. The average Bonchev–Trinajstić information content (AvgIpc) is 3.44. The van der Waals surface area contributed by atoms with E-state index in [1.165, 1.54) is 31.4 Å². The normalized spacial score (nSPS) is 29.5. The minimum atomic E-state index is -1.24. The van der Waals surface area contributed by atoms with Gasteiger partial charge < -0.3 is 34.1 Å². The van der Waals surface area contributed by atoms with Gasteiger partial charge in [0, 0.05) is 35.5 Å². The van der Waals surface area contributed by atoms with E-state index in [0.29, 0.717) is 48.9 Å². The van der Waals surface area contributed by atoms with Gasteiger partial charge in [-0.2, -0.15) is 9.97 Å². The van der Waals surface area contributed by atoms with Gasteiger partial charge in [0.1, 0.15) is 39.6 Å². The van der Waals surface area contributed by atoms with Crippen LogP contribution in [0.15, 0.2) is 24.3 Å². The van der Waals surface area contributed by atoms with Crippen molar-refractivity contribution < 1.29 is 37.9 Å². The van der Waals surface area contributed by atoms with Crippen molar-refractivity contribution >= 4 is 27.5 Å². The Morgan fingerprint density at radius 2 is 1.87 bits per heavy atom. The molecule has 5 heterocycles. The van der Waals surface area contributed by atoms with Gasteiger partial charge in [-0.05, 0) is 80.5 Å². The van der Waals surface area contributed by atoms with Gasteiger partial charge in [0.15, 0.2) is 5.82 Å². The Morgan fingerprint density at radius 1 is 1.06 bits per heavy atom. The van der Waals surface area contributed by atoms with Crippen molar-refractivity contribution in [3.63, 3.8) is 0 Å². The highest BCUT2D eigenvalue weighted by molar-refractivity contribution is 6.04. The van der Waals surface area contributed by atoms with Gasteiger partial charge in [0.25, 0.3) is 0 Å². The Balaban J connectivity index is 1.15. The number of pyridine rings is 1. The zero-order valence-corrected chi connectivity index (χ0v) is 30.6. The molecule has 5 aliphatic rings. The second-order valence-corrected chi connectivity index (χ2v) is 16.2. The smallest absolute Gasteiger partial charge is 0.319 e. The molecule has 284 valence electrons. The first kappa shape index (κ1) is 35.4. The van der Waals surface area contributed by atoms with Gasteiger partial charge in [-0.3, -0.25) is 4.90 Å². The summed E-state index contributed by atoms with van der Waals surface area (Å²) in [6, 6.07) is 5.78. The van der Waals surface area contributed by atoms with E-state index in [4.69, 9.17) is 35.3 Å². The van der Waals surface area contributed by atoms with Crippen LogP contribution in [0.4, 0.5) is 14.6 Å². The fraction of sp³-hybridized carbons (Fsp3) is 0.537. The third-order valence-corrected chi connectivity index (χ3v) is 12.6. The first-order valence-electron chi connectivity index (χ1n) is 19.0. The highest BCUT2D eigenvalue weighted by Crippen LogP contribution is 2.54. The van der Waals surface area contributed by atoms with Crippen molar-refractivity contribution in [3.8, 4) is 41.2 Å². The monoisotopic (exact) mass is 741 g/mol. The summed E-state index contributed by atoms with van der Waals surface area (Å²) in [6.07, 6.45) is 11.1. The van der Waals surface area contributed by atoms with E-state index in [-0.39, 0.29) is 75.1 Å². The number of benzene rings is 2. The zero-order chi connectivity index (χ0) is 37.4. The van der Waals surface area contributed by atoms with Crippen LogP contribution in [0.25, 0.3) is 32.9 Å². The number of piperidine rings is 1. The molecule has 5 fully saturated rings. The molecule has 13 heteroatoms. The molecule has 0 spiro atoms. The number of aromatic nitrogens is 3. The van der Waals surface area contributed by atoms with Crippen LogP contribution in [0.5, 0.6) is 17.6 Å². The topological polar surface area (TPSA) is 123 Å². The summed E-state index contributed by atoms with van der Waals surface area (Å²) >= 11 is 0. The number of hydrogen-bond donors (Lipinski definition) is 2. The molecule has 5 atom stereocenters. The molecule has 2 saturated carbocycles. The Kier molecular flexibility index (Phi) is 8.80. The van der Waals surface area contributed by atoms with Crippen LogP contribution in [-0.4, -0.2) is 108 Å². The molecule has 9 rings (SSSR count). The van der Waals surface area contributed by atoms with Crippen molar-refractivity contribution in [2.24, 2.45) is 23.2 Å². The van der Waals surface area contributed by atoms with Crippen LogP contribution in [-0.2, 0) is 9.47 Å². The van der Waals surface area contributed by atoms with Gasteiger partial charge in [0.05, 0.1) is 52.3 Å². The number of nitrogens with zero attached hydrogens (tertiary/aromatic N) is 5. The predicted octanol–water partition coefficient (Wildman–Crippen LogP) is 5.31. The standard InChI is InChI=1S/C41H45F2N5O6/c1-4-25-30(42)9-8-23-15-24(49)16-26(32(23)25)35-34(43)36-33(38(44-35)51-3)37(48-13-14-52-21-40(2,50)20-48)46-39(45-36)54-22-41-10-5-7-31(41)47(12-6-11-41)17-27-28-18-53-19-29(27)28/h1,8-9,15-16,27-29,31,49-50H,5-7,10-14,17-22H2,2-3H3. The lowest BCUT2D eigenvalue weighted by Crippen LogP contribution is -2.52. The van der Waals surface area contributed by atoms with Gasteiger partial charge >= 0.3 is 6.01 Å². The maximum Gasteiger partial charge on any atom is 0.319 e. The number of hydrogen-bond acceptors (Lipinski definition) is 11. The lowest BCUT2D eigenvalue weighted by molar-refractivity contribution is -0.0123. The molecule has 54 heavy (non-hydrogen) atoms. The van der Waals surface area contributed by atoms with Crippen LogP contribution < -0.4 is 14.4 Å². The van der Waals surface area contributed by atoms with Gasteiger partial charge in [-0.15, -0.1) is 6.42 Å². The Morgan fingerprint density at radius 3 is 2.67 bits per heavy atom. The Hall–Kier alpha value is -4.35. The van der Waals surface area contributed by atoms with E-state index in [9.17, 15) is 10.2 Å². The number of likely N-dealkylation sites (tertiary alicyclic amines) is 1. The summed E-state index contributed by atoms with van der Waals surface area (Å²) in [7, 11) is 1.41. The predicted molar refractivity (Wildman–Crippen MR) is 198 cm³/mol. The Bertz CT molecular complexity index is 2170. The minimum Gasteiger partial charge on any atom is -0.508 e.